The highest BCUT2D eigenvalue weighted by molar-refractivity contribution is 8.01. The van der Waals surface area contributed by atoms with Gasteiger partial charge in [-0.3, -0.25) is 0 Å². The maximum atomic E-state index is 6.07. The third-order valence-electron chi connectivity index (χ3n) is 2.47. The van der Waals surface area contributed by atoms with Gasteiger partial charge in [-0.15, -0.1) is 0 Å². The second-order valence-corrected chi connectivity index (χ2v) is 7.06. The van der Waals surface area contributed by atoms with Crippen molar-refractivity contribution in [3.8, 4) is 11.3 Å². The summed E-state index contributed by atoms with van der Waals surface area (Å²) in [7, 11) is 0. The fourth-order valence-corrected chi connectivity index (χ4v) is 3.54. The molecule has 0 saturated carbocycles. The molecule has 0 fully saturated rings. The molecule has 0 atom stereocenters. The van der Waals surface area contributed by atoms with Gasteiger partial charge >= 0.3 is 0 Å². The molecule has 2 rings (SSSR count). The standard InChI is InChI=1S/C14H18N2S2/c1-9(2)8-17-14-16-12(13(15)18-14)11-6-4-5-10(3)7-11/h4-7,9H,8,15H2,1-3H3. The summed E-state index contributed by atoms with van der Waals surface area (Å²) in [6.07, 6.45) is 0. The normalized spacial score (nSPS) is 11.1. The summed E-state index contributed by atoms with van der Waals surface area (Å²) in [5.41, 5.74) is 9.34. The summed E-state index contributed by atoms with van der Waals surface area (Å²) in [5.74, 6) is 1.75. The van der Waals surface area contributed by atoms with Crippen LogP contribution in [0.5, 0.6) is 0 Å². The zero-order valence-corrected chi connectivity index (χ0v) is 12.6. The molecule has 1 aromatic heterocycles. The summed E-state index contributed by atoms with van der Waals surface area (Å²) < 4.78 is 1.07. The van der Waals surface area contributed by atoms with Crippen LogP contribution in [0.25, 0.3) is 11.3 Å². The maximum absolute atomic E-state index is 6.07. The van der Waals surface area contributed by atoms with E-state index < -0.39 is 0 Å². The second-order valence-electron chi connectivity index (χ2n) is 4.77. The Hall–Kier alpha value is -1.000. The number of thioether (sulfide) groups is 1. The molecule has 2 aromatic rings. The highest BCUT2D eigenvalue weighted by atomic mass is 32.2. The van der Waals surface area contributed by atoms with Crippen molar-refractivity contribution in [1.29, 1.82) is 0 Å². The van der Waals surface area contributed by atoms with Gasteiger partial charge in [0, 0.05) is 11.3 Å². The molecule has 0 aliphatic heterocycles. The van der Waals surface area contributed by atoms with Crippen molar-refractivity contribution in [2.45, 2.75) is 25.1 Å². The molecule has 0 amide bonds. The average molecular weight is 278 g/mol. The summed E-state index contributed by atoms with van der Waals surface area (Å²) in [6.45, 7) is 6.51. The second kappa shape index (κ2) is 5.76. The van der Waals surface area contributed by atoms with Crippen LogP contribution in [-0.2, 0) is 0 Å². The summed E-state index contributed by atoms with van der Waals surface area (Å²) in [6, 6.07) is 8.32. The highest BCUT2D eigenvalue weighted by Crippen LogP contribution is 2.36. The Labute approximate surface area is 117 Å². The van der Waals surface area contributed by atoms with Crippen molar-refractivity contribution >= 4 is 28.1 Å². The van der Waals surface area contributed by atoms with Gasteiger partial charge in [0.2, 0.25) is 0 Å². The van der Waals surface area contributed by atoms with Gasteiger partial charge in [0.25, 0.3) is 0 Å². The summed E-state index contributed by atoms with van der Waals surface area (Å²) >= 11 is 3.38. The number of aromatic nitrogens is 1. The third kappa shape index (κ3) is 3.27. The van der Waals surface area contributed by atoms with E-state index in [1.807, 2.05) is 6.07 Å². The van der Waals surface area contributed by atoms with Crippen LogP contribution in [0.1, 0.15) is 19.4 Å². The number of anilines is 1. The summed E-state index contributed by atoms with van der Waals surface area (Å²) in [4.78, 5) is 4.65. The van der Waals surface area contributed by atoms with Crippen LogP contribution < -0.4 is 5.73 Å². The van der Waals surface area contributed by atoms with Crippen LogP contribution in [-0.4, -0.2) is 10.7 Å². The molecular weight excluding hydrogens is 260 g/mol. The molecule has 0 aliphatic carbocycles. The Morgan fingerprint density at radius 1 is 1.39 bits per heavy atom. The number of benzene rings is 1. The summed E-state index contributed by atoms with van der Waals surface area (Å²) in [5, 5.41) is 0.812. The van der Waals surface area contributed by atoms with Crippen molar-refractivity contribution in [3.63, 3.8) is 0 Å². The molecular formula is C14H18N2S2. The lowest BCUT2D eigenvalue weighted by molar-refractivity contribution is 0.750. The monoisotopic (exact) mass is 278 g/mol. The number of hydrogen-bond acceptors (Lipinski definition) is 4. The van der Waals surface area contributed by atoms with Gasteiger partial charge in [-0.1, -0.05) is 60.7 Å². The molecule has 18 heavy (non-hydrogen) atoms. The zero-order valence-electron chi connectivity index (χ0n) is 10.9. The third-order valence-corrected chi connectivity index (χ3v) is 4.92. The van der Waals surface area contributed by atoms with Crippen LogP contribution in [0.2, 0.25) is 0 Å². The minimum atomic E-state index is 0.669. The number of nitrogens with zero attached hydrogens (tertiary/aromatic N) is 1. The first-order valence-corrected chi connectivity index (χ1v) is 7.82. The average Bonchev–Trinajstić information content (AvgIpc) is 2.68. The van der Waals surface area contributed by atoms with Crippen molar-refractivity contribution in [2.75, 3.05) is 11.5 Å². The molecule has 2 N–H and O–H groups in total. The minimum absolute atomic E-state index is 0.669. The molecule has 96 valence electrons. The van der Waals surface area contributed by atoms with Crippen LogP contribution in [0.3, 0.4) is 0 Å². The van der Waals surface area contributed by atoms with Crippen molar-refractivity contribution in [2.24, 2.45) is 5.92 Å². The van der Waals surface area contributed by atoms with Gasteiger partial charge in [0.15, 0.2) is 4.34 Å². The highest BCUT2D eigenvalue weighted by Gasteiger charge is 2.11. The number of thiazole rings is 1. The molecule has 0 radical (unpaired) electrons. The van der Waals surface area contributed by atoms with Crippen molar-refractivity contribution in [1.82, 2.24) is 4.98 Å². The van der Waals surface area contributed by atoms with Crippen molar-refractivity contribution in [3.05, 3.63) is 29.8 Å². The quantitative estimate of drug-likeness (QED) is 0.840. The number of aryl methyl sites for hydroxylation is 1. The molecule has 1 heterocycles. The topological polar surface area (TPSA) is 38.9 Å². The lowest BCUT2D eigenvalue weighted by Gasteiger charge is -2.00. The van der Waals surface area contributed by atoms with E-state index in [4.69, 9.17) is 5.73 Å². The smallest absolute Gasteiger partial charge is 0.152 e. The lowest BCUT2D eigenvalue weighted by atomic mass is 10.1. The fourth-order valence-electron chi connectivity index (χ4n) is 1.61. The Kier molecular flexibility index (Phi) is 4.30. The minimum Gasteiger partial charge on any atom is -0.389 e. The number of nitrogen functional groups attached to an aromatic ring is 1. The van der Waals surface area contributed by atoms with Crippen LogP contribution in [0.15, 0.2) is 28.6 Å². The Balaban J connectivity index is 2.24. The van der Waals surface area contributed by atoms with Gasteiger partial charge in [0.1, 0.15) is 10.7 Å². The number of rotatable bonds is 4. The molecule has 0 bridgehead atoms. The van der Waals surface area contributed by atoms with Gasteiger partial charge in [-0.25, -0.2) is 4.98 Å². The molecule has 2 nitrogen and oxygen atoms in total. The first kappa shape index (κ1) is 13.4. The van der Waals surface area contributed by atoms with E-state index >= 15 is 0 Å². The van der Waals surface area contributed by atoms with E-state index in [2.05, 4.69) is 44.0 Å². The fraction of sp³-hybridized carbons (Fsp3) is 0.357. The van der Waals surface area contributed by atoms with E-state index in [0.29, 0.717) is 5.92 Å². The SMILES string of the molecule is Cc1cccc(-c2nc(SCC(C)C)sc2N)c1. The van der Waals surface area contributed by atoms with Gasteiger partial charge in [0.05, 0.1) is 0 Å². The molecule has 0 unspecified atom stereocenters. The molecule has 4 heteroatoms. The van der Waals surface area contributed by atoms with E-state index in [-0.39, 0.29) is 0 Å². The van der Waals surface area contributed by atoms with Gasteiger partial charge in [-0.05, 0) is 18.9 Å². The Morgan fingerprint density at radius 2 is 2.17 bits per heavy atom. The van der Waals surface area contributed by atoms with Crippen LogP contribution >= 0.6 is 23.1 Å². The first-order valence-electron chi connectivity index (χ1n) is 6.02. The van der Waals surface area contributed by atoms with E-state index in [1.165, 1.54) is 5.56 Å². The molecule has 0 saturated heterocycles. The largest absolute Gasteiger partial charge is 0.389 e. The van der Waals surface area contributed by atoms with Crippen LogP contribution in [0.4, 0.5) is 5.00 Å². The van der Waals surface area contributed by atoms with E-state index in [9.17, 15) is 0 Å². The molecule has 1 aromatic carbocycles. The maximum Gasteiger partial charge on any atom is 0.152 e. The Morgan fingerprint density at radius 3 is 2.83 bits per heavy atom. The zero-order chi connectivity index (χ0) is 13.1. The number of nitrogens with two attached hydrogens (primary N) is 1. The van der Waals surface area contributed by atoms with Crippen LogP contribution in [0, 0.1) is 12.8 Å². The molecule has 0 aliphatic rings. The van der Waals surface area contributed by atoms with Crippen molar-refractivity contribution < 1.29 is 0 Å². The lowest BCUT2D eigenvalue weighted by Crippen LogP contribution is -1.89. The Bertz CT molecular complexity index is 532. The predicted molar refractivity (Wildman–Crippen MR) is 82.3 cm³/mol. The number of hydrogen-bond donors (Lipinski definition) is 1. The van der Waals surface area contributed by atoms with Gasteiger partial charge < -0.3 is 5.73 Å². The van der Waals surface area contributed by atoms with E-state index in [1.54, 1.807) is 23.1 Å². The van der Waals surface area contributed by atoms with E-state index in [0.717, 1.165) is 26.4 Å². The first-order chi connectivity index (χ1) is 8.56. The van der Waals surface area contributed by atoms with Gasteiger partial charge in [-0.2, -0.15) is 0 Å². The molecule has 0 spiro atoms. The predicted octanol–water partition coefficient (Wildman–Crippen LogP) is 4.45.